The normalized spacial score (nSPS) is 16.8. The number of carbonyl (C=O) groups is 1. The van der Waals surface area contributed by atoms with Gasteiger partial charge in [0.1, 0.15) is 11.8 Å². The molecule has 1 saturated carbocycles. The lowest BCUT2D eigenvalue weighted by molar-refractivity contribution is -0.130. The summed E-state index contributed by atoms with van der Waals surface area (Å²) in [6.07, 6.45) is 1.34. The lowest BCUT2D eigenvalue weighted by Crippen LogP contribution is -2.53. The number of nitrogens with one attached hydrogen (secondary N) is 1. The summed E-state index contributed by atoms with van der Waals surface area (Å²) in [6, 6.07) is 13.9. The Morgan fingerprint density at radius 3 is 2.61 bits per heavy atom. The Balaban J connectivity index is 1.92. The molecule has 0 radical (unpaired) electrons. The third kappa shape index (κ3) is 4.41. The smallest absolute Gasteiger partial charge is 0.252 e. The molecule has 0 bridgehead atoms. The Hall–Kier alpha value is -2.28. The number of nitrogens with zero attached hydrogens (tertiary/aromatic N) is 1. The van der Waals surface area contributed by atoms with Crippen molar-refractivity contribution in [3.63, 3.8) is 0 Å². The molecule has 7 heteroatoms. The zero-order valence-corrected chi connectivity index (χ0v) is 16.9. The van der Waals surface area contributed by atoms with Gasteiger partial charge in [-0.05, 0) is 30.0 Å². The van der Waals surface area contributed by atoms with Crippen LogP contribution in [-0.4, -0.2) is 38.3 Å². The largest absolute Gasteiger partial charge is 0.497 e. The van der Waals surface area contributed by atoms with Crippen LogP contribution in [0.2, 0.25) is 0 Å². The van der Waals surface area contributed by atoms with Crippen molar-refractivity contribution in [3.8, 4) is 5.75 Å². The SMILES string of the molecule is COc1cccc(N(C)C(C(=O)NC2CC(F)(F)C2)c2ccccc2SC)c1. The maximum absolute atomic E-state index is 13.2. The number of carbonyl (C=O) groups excluding carboxylic acids is 1. The highest BCUT2D eigenvalue weighted by molar-refractivity contribution is 7.98. The highest BCUT2D eigenvalue weighted by Gasteiger charge is 2.46. The van der Waals surface area contributed by atoms with E-state index in [1.54, 1.807) is 18.9 Å². The Bertz CT molecular complexity index is 839. The van der Waals surface area contributed by atoms with Crippen molar-refractivity contribution < 1.29 is 18.3 Å². The summed E-state index contributed by atoms with van der Waals surface area (Å²) in [5.41, 5.74) is 1.64. The summed E-state index contributed by atoms with van der Waals surface area (Å²) in [4.78, 5) is 16.0. The van der Waals surface area contributed by atoms with Crippen LogP contribution in [0.25, 0.3) is 0 Å². The van der Waals surface area contributed by atoms with Crippen molar-refractivity contribution in [1.29, 1.82) is 0 Å². The van der Waals surface area contributed by atoms with Crippen LogP contribution in [0.1, 0.15) is 24.4 Å². The number of benzene rings is 2. The lowest BCUT2D eigenvalue weighted by Gasteiger charge is -2.38. The van der Waals surface area contributed by atoms with E-state index >= 15 is 0 Å². The third-order valence-corrected chi connectivity index (χ3v) is 5.78. The van der Waals surface area contributed by atoms with Crippen LogP contribution in [0.5, 0.6) is 5.75 Å². The number of alkyl halides is 2. The fourth-order valence-electron chi connectivity index (χ4n) is 3.44. The van der Waals surface area contributed by atoms with E-state index in [1.165, 1.54) is 0 Å². The second-order valence-corrected chi connectivity index (χ2v) is 7.77. The first-order valence-corrected chi connectivity index (χ1v) is 10.2. The Kier molecular flexibility index (Phi) is 6.13. The molecule has 3 rings (SSSR count). The monoisotopic (exact) mass is 406 g/mol. The second-order valence-electron chi connectivity index (χ2n) is 6.93. The summed E-state index contributed by atoms with van der Waals surface area (Å²) in [7, 11) is 3.41. The number of hydrogen-bond acceptors (Lipinski definition) is 4. The van der Waals surface area contributed by atoms with Gasteiger partial charge in [0.05, 0.1) is 7.11 Å². The van der Waals surface area contributed by atoms with Crippen LogP contribution < -0.4 is 15.0 Å². The van der Waals surface area contributed by atoms with E-state index in [4.69, 9.17) is 4.74 Å². The predicted octanol–water partition coefficient (Wildman–Crippen LogP) is 4.51. The summed E-state index contributed by atoms with van der Waals surface area (Å²) in [5, 5.41) is 2.80. The highest BCUT2D eigenvalue weighted by Crippen LogP contribution is 2.39. The van der Waals surface area contributed by atoms with E-state index in [2.05, 4.69) is 5.32 Å². The van der Waals surface area contributed by atoms with Gasteiger partial charge in [-0.1, -0.05) is 24.3 Å². The average Bonchev–Trinajstić information content (AvgIpc) is 2.67. The molecule has 0 heterocycles. The fraction of sp³-hybridized carbons (Fsp3) is 0.381. The van der Waals surface area contributed by atoms with Crippen molar-refractivity contribution in [2.24, 2.45) is 0 Å². The number of likely N-dealkylation sites (N-methyl/N-ethyl adjacent to an activating group) is 1. The fourth-order valence-corrected chi connectivity index (χ4v) is 4.07. The van der Waals surface area contributed by atoms with Crippen molar-refractivity contribution in [2.75, 3.05) is 25.3 Å². The Morgan fingerprint density at radius 2 is 1.96 bits per heavy atom. The Labute approximate surface area is 168 Å². The van der Waals surface area contributed by atoms with Crippen LogP contribution in [0.15, 0.2) is 53.4 Å². The summed E-state index contributed by atoms with van der Waals surface area (Å²) in [6.45, 7) is 0. The Morgan fingerprint density at radius 1 is 1.25 bits per heavy atom. The van der Waals surface area contributed by atoms with Gasteiger partial charge >= 0.3 is 0 Å². The molecule has 1 fully saturated rings. The number of methoxy groups -OCH3 is 1. The van der Waals surface area contributed by atoms with Gasteiger partial charge in [-0.3, -0.25) is 4.79 Å². The van der Waals surface area contributed by atoms with Gasteiger partial charge in [0.25, 0.3) is 5.92 Å². The number of anilines is 1. The number of thioether (sulfide) groups is 1. The quantitative estimate of drug-likeness (QED) is 0.687. The number of ether oxygens (including phenoxy) is 1. The highest BCUT2D eigenvalue weighted by atomic mass is 32.2. The molecule has 0 saturated heterocycles. The first kappa shape index (κ1) is 20.5. The molecule has 2 aromatic carbocycles. The molecular formula is C21H24F2N2O2S. The maximum Gasteiger partial charge on any atom is 0.252 e. The van der Waals surface area contributed by atoms with Gasteiger partial charge in [0.15, 0.2) is 0 Å². The molecular weight excluding hydrogens is 382 g/mol. The van der Waals surface area contributed by atoms with Gasteiger partial charge in [-0.25, -0.2) is 8.78 Å². The van der Waals surface area contributed by atoms with Gasteiger partial charge in [-0.15, -0.1) is 11.8 Å². The molecule has 28 heavy (non-hydrogen) atoms. The van der Waals surface area contributed by atoms with Crippen molar-refractivity contribution >= 4 is 23.4 Å². The zero-order chi connectivity index (χ0) is 20.3. The van der Waals surface area contributed by atoms with Gasteiger partial charge in [0, 0.05) is 42.6 Å². The zero-order valence-electron chi connectivity index (χ0n) is 16.1. The van der Waals surface area contributed by atoms with E-state index in [9.17, 15) is 13.6 Å². The van der Waals surface area contributed by atoms with E-state index in [0.717, 1.165) is 16.1 Å². The molecule has 0 aromatic heterocycles. The van der Waals surface area contributed by atoms with Gasteiger partial charge in [-0.2, -0.15) is 0 Å². The van der Waals surface area contributed by atoms with Crippen molar-refractivity contribution in [1.82, 2.24) is 5.32 Å². The molecule has 1 aliphatic rings. The van der Waals surface area contributed by atoms with Gasteiger partial charge in [0.2, 0.25) is 5.91 Å². The first-order chi connectivity index (χ1) is 13.3. The summed E-state index contributed by atoms with van der Waals surface area (Å²) >= 11 is 1.55. The van der Waals surface area contributed by atoms with Crippen LogP contribution in [0.3, 0.4) is 0 Å². The molecule has 0 spiro atoms. The predicted molar refractivity (Wildman–Crippen MR) is 108 cm³/mol. The second kappa shape index (κ2) is 8.39. The lowest BCUT2D eigenvalue weighted by atomic mass is 9.88. The molecule has 4 nitrogen and oxygen atoms in total. The van der Waals surface area contributed by atoms with E-state index < -0.39 is 18.0 Å². The third-order valence-electron chi connectivity index (χ3n) is 4.97. The molecule has 150 valence electrons. The van der Waals surface area contributed by atoms with E-state index in [-0.39, 0.29) is 18.7 Å². The van der Waals surface area contributed by atoms with Crippen LogP contribution in [-0.2, 0) is 4.79 Å². The minimum Gasteiger partial charge on any atom is -0.497 e. The first-order valence-electron chi connectivity index (χ1n) is 9.02. The van der Waals surface area contributed by atoms with Gasteiger partial charge < -0.3 is 15.0 Å². The molecule has 1 N–H and O–H groups in total. The summed E-state index contributed by atoms with van der Waals surface area (Å²) in [5.74, 6) is -2.28. The number of amides is 1. The van der Waals surface area contributed by atoms with Crippen LogP contribution in [0.4, 0.5) is 14.5 Å². The number of hydrogen-bond donors (Lipinski definition) is 1. The number of rotatable bonds is 7. The average molecular weight is 406 g/mol. The maximum atomic E-state index is 13.2. The molecule has 1 amide bonds. The molecule has 1 aliphatic carbocycles. The number of halogens is 2. The summed E-state index contributed by atoms with van der Waals surface area (Å²) < 4.78 is 31.7. The van der Waals surface area contributed by atoms with E-state index in [1.807, 2.05) is 66.7 Å². The molecule has 2 aromatic rings. The molecule has 1 unspecified atom stereocenters. The van der Waals surface area contributed by atoms with Crippen molar-refractivity contribution in [3.05, 3.63) is 54.1 Å². The topological polar surface area (TPSA) is 41.6 Å². The minimum atomic E-state index is -2.68. The van der Waals surface area contributed by atoms with Crippen molar-refractivity contribution in [2.45, 2.75) is 35.7 Å². The van der Waals surface area contributed by atoms with Crippen LogP contribution in [0, 0.1) is 0 Å². The molecule has 1 atom stereocenters. The standard InChI is InChI=1S/C21H24F2N2O2S/c1-25(15-7-6-8-16(11-15)27-2)19(17-9-4-5-10-18(17)28-3)20(26)24-14-12-21(22,23)13-14/h4-11,14,19H,12-13H2,1-3H3,(H,24,26). The van der Waals surface area contributed by atoms with E-state index in [0.29, 0.717) is 5.75 Å². The minimum absolute atomic E-state index is 0.285. The van der Waals surface area contributed by atoms with Crippen LogP contribution >= 0.6 is 11.8 Å². The molecule has 0 aliphatic heterocycles.